The SMILES string of the molecule is Cc1ccccc1S(=O)(=O)NNc1ccccc1. The standard InChI is InChI=1S/C13H14N2O2S/c1-11-7-5-6-10-13(11)18(16,17)15-14-12-8-3-2-4-9-12/h2-10,14-15H,1H3. The fraction of sp³-hybridized carbons (Fsp3) is 0.0769. The highest BCUT2D eigenvalue weighted by Crippen LogP contribution is 2.14. The number of sulfonamides is 1. The van der Waals surface area contributed by atoms with Gasteiger partial charge in [-0.1, -0.05) is 36.4 Å². The molecule has 0 spiro atoms. The second kappa shape index (κ2) is 5.20. The molecule has 2 rings (SSSR count). The Hall–Kier alpha value is -1.85. The first-order valence-electron chi connectivity index (χ1n) is 5.48. The van der Waals surface area contributed by atoms with Crippen LogP contribution in [-0.2, 0) is 10.0 Å². The van der Waals surface area contributed by atoms with Gasteiger partial charge in [0.25, 0.3) is 10.0 Å². The zero-order valence-corrected chi connectivity index (χ0v) is 10.7. The molecule has 0 aromatic heterocycles. The molecular formula is C13H14N2O2S. The Balaban J connectivity index is 2.16. The maximum absolute atomic E-state index is 12.1. The third-order valence-electron chi connectivity index (χ3n) is 2.49. The predicted octanol–water partition coefficient (Wildman–Crippen LogP) is 2.30. The molecule has 0 amide bonds. The molecule has 0 radical (unpaired) electrons. The van der Waals surface area contributed by atoms with Gasteiger partial charge < -0.3 is 5.43 Å². The molecule has 0 unspecified atom stereocenters. The van der Waals surface area contributed by atoms with Crippen LogP contribution in [0.5, 0.6) is 0 Å². The highest BCUT2D eigenvalue weighted by Gasteiger charge is 2.15. The summed E-state index contributed by atoms with van der Waals surface area (Å²) in [5, 5.41) is 0. The van der Waals surface area contributed by atoms with E-state index >= 15 is 0 Å². The summed E-state index contributed by atoms with van der Waals surface area (Å²) in [6.45, 7) is 1.76. The van der Waals surface area contributed by atoms with Crippen LogP contribution in [0.3, 0.4) is 0 Å². The largest absolute Gasteiger partial charge is 0.308 e. The van der Waals surface area contributed by atoms with Gasteiger partial charge in [0.1, 0.15) is 0 Å². The summed E-state index contributed by atoms with van der Waals surface area (Å²) in [5.74, 6) is 0. The zero-order chi connectivity index (χ0) is 13.0. The van der Waals surface area contributed by atoms with Gasteiger partial charge in [0.05, 0.1) is 4.90 Å². The van der Waals surface area contributed by atoms with Crippen LogP contribution in [-0.4, -0.2) is 8.42 Å². The van der Waals surface area contributed by atoms with Gasteiger partial charge in [0.2, 0.25) is 0 Å². The van der Waals surface area contributed by atoms with Crippen molar-refractivity contribution < 1.29 is 8.42 Å². The van der Waals surface area contributed by atoms with Gasteiger partial charge in [-0.25, -0.2) is 8.42 Å². The van der Waals surface area contributed by atoms with Crippen LogP contribution in [0.25, 0.3) is 0 Å². The molecule has 0 aliphatic heterocycles. The molecule has 0 heterocycles. The summed E-state index contributed by atoms with van der Waals surface area (Å²) in [6.07, 6.45) is 0. The van der Waals surface area contributed by atoms with E-state index in [1.165, 1.54) is 0 Å². The fourth-order valence-electron chi connectivity index (χ4n) is 1.56. The van der Waals surface area contributed by atoms with Gasteiger partial charge in [-0.3, -0.25) is 0 Å². The van der Waals surface area contributed by atoms with E-state index in [0.717, 1.165) is 0 Å². The van der Waals surface area contributed by atoms with E-state index in [2.05, 4.69) is 10.3 Å². The molecule has 94 valence electrons. The minimum Gasteiger partial charge on any atom is -0.308 e. The number of hydrogen-bond acceptors (Lipinski definition) is 3. The van der Waals surface area contributed by atoms with E-state index in [9.17, 15) is 8.42 Å². The number of para-hydroxylation sites is 1. The van der Waals surface area contributed by atoms with Crippen LogP contribution in [0, 0.1) is 6.92 Å². The Labute approximate surface area is 107 Å². The average Bonchev–Trinajstić information content (AvgIpc) is 2.38. The molecule has 5 heteroatoms. The van der Waals surface area contributed by atoms with Gasteiger partial charge >= 0.3 is 0 Å². The van der Waals surface area contributed by atoms with E-state index in [1.807, 2.05) is 18.2 Å². The monoisotopic (exact) mass is 262 g/mol. The fourth-order valence-corrected chi connectivity index (χ4v) is 2.67. The number of anilines is 1. The van der Waals surface area contributed by atoms with Crippen molar-refractivity contribution in [3.05, 3.63) is 60.2 Å². The maximum atomic E-state index is 12.1. The lowest BCUT2D eigenvalue weighted by Crippen LogP contribution is -2.29. The third-order valence-corrected chi connectivity index (χ3v) is 3.89. The molecular weight excluding hydrogens is 248 g/mol. The summed E-state index contributed by atoms with van der Waals surface area (Å²) < 4.78 is 24.1. The van der Waals surface area contributed by atoms with E-state index in [1.54, 1.807) is 43.3 Å². The lowest BCUT2D eigenvalue weighted by molar-refractivity contribution is 0.587. The molecule has 2 N–H and O–H groups in total. The second-order valence-electron chi connectivity index (χ2n) is 3.86. The topological polar surface area (TPSA) is 58.2 Å². The Bertz CT molecular complexity index is 624. The number of nitrogens with one attached hydrogen (secondary N) is 2. The summed E-state index contributed by atoms with van der Waals surface area (Å²) in [5.41, 5.74) is 4.07. The molecule has 0 saturated heterocycles. The molecule has 4 nitrogen and oxygen atoms in total. The Morgan fingerprint density at radius 1 is 0.889 bits per heavy atom. The number of hydrazine groups is 1. The van der Waals surface area contributed by atoms with Gasteiger partial charge in [0.15, 0.2) is 0 Å². The number of aryl methyl sites for hydroxylation is 1. The third kappa shape index (κ3) is 2.88. The van der Waals surface area contributed by atoms with Gasteiger partial charge in [0, 0.05) is 5.69 Å². The smallest absolute Gasteiger partial charge is 0.257 e. The predicted molar refractivity (Wildman–Crippen MR) is 71.6 cm³/mol. The van der Waals surface area contributed by atoms with Crippen LogP contribution in [0.15, 0.2) is 59.5 Å². The number of hydrogen-bond donors (Lipinski definition) is 2. The van der Waals surface area contributed by atoms with Gasteiger partial charge in [-0.15, -0.1) is 4.83 Å². The first kappa shape index (κ1) is 12.6. The van der Waals surface area contributed by atoms with Crippen molar-refractivity contribution in [3.8, 4) is 0 Å². The number of benzene rings is 2. The van der Waals surface area contributed by atoms with Crippen molar-refractivity contribution in [2.45, 2.75) is 11.8 Å². The Kier molecular flexibility index (Phi) is 3.64. The lowest BCUT2D eigenvalue weighted by Gasteiger charge is -2.10. The summed E-state index contributed by atoms with van der Waals surface area (Å²) in [4.78, 5) is 2.63. The highest BCUT2D eigenvalue weighted by molar-refractivity contribution is 7.89. The van der Waals surface area contributed by atoms with Crippen LogP contribution in [0.2, 0.25) is 0 Å². The molecule has 0 bridgehead atoms. The first-order chi connectivity index (χ1) is 8.59. The summed E-state index contributed by atoms with van der Waals surface area (Å²) in [7, 11) is -3.55. The van der Waals surface area contributed by atoms with E-state index < -0.39 is 10.0 Å². The van der Waals surface area contributed by atoms with Crippen molar-refractivity contribution in [3.63, 3.8) is 0 Å². The van der Waals surface area contributed by atoms with E-state index in [-0.39, 0.29) is 4.90 Å². The molecule has 2 aromatic carbocycles. The van der Waals surface area contributed by atoms with Crippen molar-refractivity contribution in [1.29, 1.82) is 0 Å². The molecule has 0 fully saturated rings. The minimum atomic E-state index is -3.55. The van der Waals surface area contributed by atoms with Crippen molar-refractivity contribution in [2.24, 2.45) is 0 Å². The molecule has 0 saturated carbocycles. The Morgan fingerprint density at radius 2 is 1.50 bits per heavy atom. The molecule has 0 aliphatic rings. The van der Waals surface area contributed by atoms with E-state index in [0.29, 0.717) is 11.3 Å². The molecule has 0 aliphatic carbocycles. The van der Waals surface area contributed by atoms with Gasteiger partial charge in [-0.2, -0.15) is 0 Å². The molecule has 18 heavy (non-hydrogen) atoms. The van der Waals surface area contributed by atoms with Crippen LogP contribution >= 0.6 is 0 Å². The summed E-state index contributed by atoms with van der Waals surface area (Å²) in [6, 6.07) is 15.9. The van der Waals surface area contributed by atoms with Crippen LogP contribution < -0.4 is 10.3 Å². The Morgan fingerprint density at radius 3 is 2.17 bits per heavy atom. The van der Waals surface area contributed by atoms with Crippen LogP contribution in [0.4, 0.5) is 5.69 Å². The lowest BCUT2D eigenvalue weighted by atomic mass is 10.2. The quantitative estimate of drug-likeness (QED) is 0.831. The summed E-state index contributed by atoms with van der Waals surface area (Å²) >= 11 is 0. The number of rotatable bonds is 4. The maximum Gasteiger partial charge on any atom is 0.257 e. The zero-order valence-electron chi connectivity index (χ0n) is 9.92. The van der Waals surface area contributed by atoms with Gasteiger partial charge in [-0.05, 0) is 30.7 Å². The van der Waals surface area contributed by atoms with Crippen molar-refractivity contribution >= 4 is 15.7 Å². The van der Waals surface area contributed by atoms with E-state index in [4.69, 9.17) is 0 Å². The highest BCUT2D eigenvalue weighted by atomic mass is 32.2. The normalized spacial score (nSPS) is 11.2. The minimum absolute atomic E-state index is 0.272. The average molecular weight is 262 g/mol. The van der Waals surface area contributed by atoms with Crippen molar-refractivity contribution in [1.82, 2.24) is 4.83 Å². The first-order valence-corrected chi connectivity index (χ1v) is 6.96. The van der Waals surface area contributed by atoms with Crippen LogP contribution in [0.1, 0.15) is 5.56 Å². The second-order valence-corrected chi connectivity index (χ2v) is 5.51. The molecule has 2 aromatic rings. The molecule has 0 atom stereocenters. The van der Waals surface area contributed by atoms with Crippen molar-refractivity contribution in [2.75, 3.05) is 5.43 Å².